The van der Waals surface area contributed by atoms with E-state index in [2.05, 4.69) is 0 Å². The molecule has 204 valence electrons. The van der Waals surface area contributed by atoms with E-state index in [1.54, 1.807) is 29.0 Å². The van der Waals surface area contributed by atoms with Crippen molar-refractivity contribution in [2.45, 2.75) is 38.5 Å². The lowest BCUT2D eigenvalue weighted by Gasteiger charge is -2.38. The van der Waals surface area contributed by atoms with Gasteiger partial charge in [0, 0.05) is 79.2 Å². The van der Waals surface area contributed by atoms with Crippen molar-refractivity contribution < 1.29 is 19.1 Å². The van der Waals surface area contributed by atoms with Crippen LogP contribution in [0.3, 0.4) is 0 Å². The van der Waals surface area contributed by atoms with Crippen molar-refractivity contribution in [2.24, 2.45) is 11.1 Å². The van der Waals surface area contributed by atoms with Gasteiger partial charge in [-0.25, -0.2) is 0 Å². The number of benzene rings is 2. The van der Waals surface area contributed by atoms with Crippen molar-refractivity contribution in [1.29, 1.82) is 5.41 Å². The molecule has 0 atom stereocenters. The molecule has 3 fully saturated rings. The monoisotopic (exact) mass is 529 g/mol. The molecule has 2 aromatic rings. The zero-order chi connectivity index (χ0) is 27.6. The summed E-state index contributed by atoms with van der Waals surface area (Å²) in [6.45, 7) is 2.38. The summed E-state index contributed by atoms with van der Waals surface area (Å²) >= 11 is 0. The quantitative estimate of drug-likeness (QED) is 0.552. The third kappa shape index (κ3) is 4.89. The van der Waals surface area contributed by atoms with Gasteiger partial charge < -0.3 is 30.6 Å². The second kappa shape index (κ2) is 10.9. The minimum Gasteiger partial charge on any atom is -0.496 e. The second-order valence-corrected chi connectivity index (χ2v) is 10.5. The Morgan fingerprint density at radius 3 is 2.28 bits per heavy atom. The Labute approximate surface area is 228 Å². The number of hydrogen-bond acceptors (Lipinski definition) is 6. The van der Waals surface area contributed by atoms with Crippen molar-refractivity contribution in [2.75, 3.05) is 43.1 Å². The van der Waals surface area contributed by atoms with Gasteiger partial charge in [0.05, 0.1) is 12.5 Å². The van der Waals surface area contributed by atoms with Gasteiger partial charge in [0.1, 0.15) is 5.75 Å². The predicted octanol–water partition coefficient (Wildman–Crippen LogP) is 3.82. The first-order valence-corrected chi connectivity index (χ1v) is 13.5. The SMILES string of the molecule is COc1cc(N2CCC3(CCN(C(=O)c4ccc(N5CCCCC5=O)cc4)CC3)C2=O)ccc1/C(C=N)=C/N. The van der Waals surface area contributed by atoms with E-state index in [1.165, 1.54) is 12.4 Å². The number of amides is 3. The van der Waals surface area contributed by atoms with Gasteiger partial charge in [0.15, 0.2) is 0 Å². The molecule has 9 nitrogen and oxygen atoms in total. The summed E-state index contributed by atoms with van der Waals surface area (Å²) in [7, 11) is 1.56. The molecule has 9 heteroatoms. The number of anilines is 2. The van der Waals surface area contributed by atoms with Crippen molar-refractivity contribution in [1.82, 2.24) is 4.90 Å². The summed E-state index contributed by atoms with van der Waals surface area (Å²) in [5.41, 5.74) is 8.60. The summed E-state index contributed by atoms with van der Waals surface area (Å²) in [5, 5.41) is 7.58. The molecule has 0 radical (unpaired) electrons. The minimum absolute atomic E-state index is 0.0426. The Bertz CT molecular complexity index is 1310. The van der Waals surface area contributed by atoms with Crippen LogP contribution in [0.5, 0.6) is 5.75 Å². The first-order chi connectivity index (χ1) is 18.9. The molecule has 3 amide bonds. The highest BCUT2D eigenvalue weighted by Crippen LogP contribution is 2.44. The Hall–Kier alpha value is -4.14. The summed E-state index contributed by atoms with van der Waals surface area (Å²) in [5.74, 6) is 0.730. The van der Waals surface area contributed by atoms with Crippen LogP contribution in [0.15, 0.2) is 48.7 Å². The third-order valence-electron chi connectivity index (χ3n) is 8.41. The molecule has 0 saturated carbocycles. The van der Waals surface area contributed by atoms with E-state index in [4.69, 9.17) is 15.9 Å². The van der Waals surface area contributed by atoms with E-state index >= 15 is 0 Å². The van der Waals surface area contributed by atoms with Crippen LogP contribution in [0.25, 0.3) is 5.57 Å². The van der Waals surface area contributed by atoms with E-state index in [0.29, 0.717) is 61.3 Å². The van der Waals surface area contributed by atoms with Gasteiger partial charge in [-0.1, -0.05) is 0 Å². The molecule has 39 heavy (non-hydrogen) atoms. The maximum Gasteiger partial charge on any atom is 0.253 e. The van der Waals surface area contributed by atoms with Crippen molar-refractivity contribution in [3.8, 4) is 5.75 Å². The fraction of sp³-hybridized carbons (Fsp3) is 0.400. The fourth-order valence-corrected chi connectivity index (χ4v) is 6.02. The average Bonchev–Trinajstić information content (AvgIpc) is 3.29. The number of allylic oxidation sites excluding steroid dienone is 1. The number of hydrogen-bond donors (Lipinski definition) is 2. The van der Waals surface area contributed by atoms with E-state index in [9.17, 15) is 14.4 Å². The maximum absolute atomic E-state index is 13.7. The highest BCUT2D eigenvalue weighted by Gasteiger charge is 2.49. The highest BCUT2D eigenvalue weighted by atomic mass is 16.5. The van der Waals surface area contributed by atoms with Crippen molar-refractivity contribution in [3.63, 3.8) is 0 Å². The summed E-state index contributed by atoms with van der Waals surface area (Å²) < 4.78 is 5.53. The van der Waals surface area contributed by atoms with E-state index in [0.717, 1.165) is 37.2 Å². The van der Waals surface area contributed by atoms with E-state index in [1.807, 2.05) is 35.2 Å². The number of carbonyl (C=O) groups is 3. The Balaban J connectivity index is 1.24. The first kappa shape index (κ1) is 26.5. The van der Waals surface area contributed by atoms with Gasteiger partial charge in [-0.05, 0) is 68.5 Å². The normalized spacial score (nSPS) is 19.5. The van der Waals surface area contributed by atoms with E-state index < -0.39 is 5.41 Å². The number of rotatable bonds is 6. The summed E-state index contributed by atoms with van der Waals surface area (Å²) in [6.07, 6.45) is 7.02. The number of carbonyl (C=O) groups excluding carboxylic acids is 3. The van der Waals surface area contributed by atoms with Gasteiger partial charge >= 0.3 is 0 Å². The van der Waals surface area contributed by atoms with Crippen LogP contribution in [0, 0.1) is 10.8 Å². The molecule has 3 aliphatic heterocycles. The number of nitrogens with two attached hydrogens (primary N) is 1. The van der Waals surface area contributed by atoms with Crippen LogP contribution in [0.4, 0.5) is 11.4 Å². The van der Waals surface area contributed by atoms with Gasteiger partial charge in [-0.2, -0.15) is 0 Å². The van der Waals surface area contributed by atoms with Gasteiger partial charge in [-0.3, -0.25) is 14.4 Å². The Morgan fingerprint density at radius 1 is 0.949 bits per heavy atom. The standard InChI is InChI=1S/C30H35N5O4/c1-39-26-18-24(9-10-25(26)22(19-31)20-32)35-17-13-30(29(35)38)11-15-33(16-12-30)28(37)21-5-7-23(8-6-21)34-14-3-2-4-27(34)36/h5-10,18-20,31H,2-4,11-17,32H2,1H3/b22-20+,31-19?. The van der Waals surface area contributed by atoms with E-state index in [-0.39, 0.29) is 17.7 Å². The van der Waals surface area contributed by atoms with Crippen LogP contribution in [0.2, 0.25) is 0 Å². The number of likely N-dealkylation sites (tertiary alicyclic amines) is 1. The smallest absolute Gasteiger partial charge is 0.253 e. The number of ether oxygens (including phenoxy) is 1. The molecule has 0 unspecified atom stereocenters. The molecular weight excluding hydrogens is 494 g/mol. The van der Waals surface area contributed by atoms with Gasteiger partial charge in [-0.15, -0.1) is 0 Å². The van der Waals surface area contributed by atoms with Gasteiger partial charge in [0.2, 0.25) is 11.8 Å². The molecule has 2 aromatic carbocycles. The molecule has 5 rings (SSSR count). The van der Waals surface area contributed by atoms with Crippen molar-refractivity contribution >= 4 is 40.9 Å². The zero-order valence-corrected chi connectivity index (χ0v) is 22.3. The molecule has 3 aliphatic rings. The van der Waals surface area contributed by atoms with Crippen LogP contribution in [-0.4, -0.2) is 62.1 Å². The molecule has 0 bridgehead atoms. The number of piperidine rings is 2. The molecule has 3 N–H and O–H groups in total. The highest BCUT2D eigenvalue weighted by molar-refractivity contribution is 6.09. The molecule has 3 saturated heterocycles. The Morgan fingerprint density at radius 2 is 1.64 bits per heavy atom. The average molecular weight is 530 g/mol. The zero-order valence-electron chi connectivity index (χ0n) is 22.3. The molecule has 1 spiro atoms. The van der Waals surface area contributed by atoms with Crippen molar-refractivity contribution in [3.05, 3.63) is 59.8 Å². The minimum atomic E-state index is -0.474. The van der Waals surface area contributed by atoms with Crippen LogP contribution in [0.1, 0.15) is 54.4 Å². The maximum atomic E-state index is 13.7. The van der Waals surface area contributed by atoms with Crippen LogP contribution >= 0.6 is 0 Å². The van der Waals surface area contributed by atoms with Gasteiger partial charge in [0.25, 0.3) is 5.91 Å². The molecule has 3 heterocycles. The number of nitrogens with one attached hydrogen (secondary N) is 1. The number of methoxy groups -OCH3 is 1. The lowest BCUT2D eigenvalue weighted by Crippen LogP contribution is -2.46. The van der Waals surface area contributed by atoms with Crippen LogP contribution in [-0.2, 0) is 9.59 Å². The summed E-state index contributed by atoms with van der Waals surface area (Å²) in [4.78, 5) is 44.5. The number of nitrogens with zero attached hydrogens (tertiary/aromatic N) is 3. The second-order valence-electron chi connectivity index (χ2n) is 10.5. The first-order valence-electron chi connectivity index (χ1n) is 13.5. The lowest BCUT2D eigenvalue weighted by molar-refractivity contribution is -0.127. The topological polar surface area (TPSA) is 120 Å². The molecular formula is C30H35N5O4. The molecule has 0 aliphatic carbocycles. The fourth-order valence-electron chi connectivity index (χ4n) is 6.02. The molecule has 0 aromatic heterocycles. The summed E-state index contributed by atoms with van der Waals surface area (Å²) in [6, 6.07) is 12.8. The lowest BCUT2D eigenvalue weighted by atomic mass is 9.77. The largest absolute Gasteiger partial charge is 0.496 e. The third-order valence-corrected chi connectivity index (χ3v) is 8.41. The predicted molar refractivity (Wildman–Crippen MR) is 151 cm³/mol. The Kier molecular flexibility index (Phi) is 7.41. The van der Waals surface area contributed by atoms with Crippen LogP contribution < -0.4 is 20.3 Å².